The zero-order valence-electron chi connectivity index (χ0n) is 9.02. The van der Waals surface area contributed by atoms with Crippen LogP contribution in [0.2, 0.25) is 0 Å². The number of hydrogen-bond donors (Lipinski definition) is 1. The van der Waals surface area contributed by atoms with Gasteiger partial charge in [0.15, 0.2) is 5.82 Å². The van der Waals surface area contributed by atoms with E-state index in [1.165, 1.54) is 6.07 Å². The summed E-state index contributed by atoms with van der Waals surface area (Å²) >= 11 is 0. The van der Waals surface area contributed by atoms with E-state index in [0.29, 0.717) is 30.2 Å². The normalized spacial score (nSPS) is 10.7. The van der Waals surface area contributed by atoms with E-state index in [2.05, 4.69) is 10.1 Å². The molecule has 16 heavy (non-hydrogen) atoms. The zero-order chi connectivity index (χ0) is 11.5. The molecule has 0 unspecified atom stereocenters. The highest BCUT2D eigenvalue weighted by Gasteiger charge is 2.09. The highest BCUT2D eigenvalue weighted by Crippen LogP contribution is 2.11. The Bertz CT molecular complexity index is 492. The molecular formula is C11H13FN4. The van der Waals surface area contributed by atoms with E-state index in [0.717, 1.165) is 0 Å². The van der Waals surface area contributed by atoms with Crippen molar-refractivity contribution in [2.45, 2.75) is 13.0 Å². The van der Waals surface area contributed by atoms with E-state index in [-0.39, 0.29) is 5.82 Å². The maximum absolute atomic E-state index is 13.4. The Labute approximate surface area is 92.9 Å². The van der Waals surface area contributed by atoms with Crippen LogP contribution < -0.4 is 5.73 Å². The first-order chi connectivity index (χ1) is 7.70. The van der Waals surface area contributed by atoms with Gasteiger partial charge in [-0.25, -0.2) is 9.37 Å². The fourth-order valence-corrected chi connectivity index (χ4v) is 1.53. The van der Waals surface area contributed by atoms with Crippen molar-refractivity contribution in [2.24, 2.45) is 12.8 Å². The second-order valence-corrected chi connectivity index (χ2v) is 3.54. The number of hydrogen-bond acceptors (Lipinski definition) is 3. The number of aryl methyl sites for hydroxylation is 1. The van der Waals surface area contributed by atoms with Crippen molar-refractivity contribution in [1.29, 1.82) is 0 Å². The highest BCUT2D eigenvalue weighted by atomic mass is 19.1. The van der Waals surface area contributed by atoms with Crippen molar-refractivity contribution in [2.75, 3.05) is 0 Å². The monoisotopic (exact) mass is 220 g/mol. The number of rotatable bonds is 3. The van der Waals surface area contributed by atoms with Crippen LogP contribution in [-0.2, 0) is 20.0 Å². The van der Waals surface area contributed by atoms with Crippen LogP contribution >= 0.6 is 0 Å². The standard InChI is InChI=1S/C11H13FN4/c1-16-11(14-10(7-13)15-16)6-8-4-2-3-5-9(8)12/h2-5H,6-7,13H2,1H3. The van der Waals surface area contributed by atoms with Gasteiger partial charge in [-0.2, -0.15) is 5.10 Å². The average molecular weight is 220 g/mol. The Morgan fingerprint density at radius 1 is 1.38 bits per heavy atom. The summed E-state index contributed by atoms with van der Waals surface area (Å²) in [5.41, 5.74) is 6.06. The van der Waals surface area contributed by atoms with Crippen LogP contribution in [0.15, 0.2) is 24.3 Å². The molecule has 2 rings (SSSR count). The molecule has 0 aliphatic carbocycles. The van der Waals surface area contributed by atoms with Gasteiger partial charge < -0.3 is 5.73 Å². The van der Waals surface area contributed by atoms with Gasteiger partial charge in [-0.05, 0) is 11.6 Å². The SMILES string of the molecule is Cn1nc(CN)nc1Cc1ccccc1F. The molecule has 0 aliphatic heterocycles. The summed E-state index contributed by atoms with van der Waals surface area (Å²) in [6, 6.07) is 6.65. The summed E-state index contributed by atoms with van der Waals surface area (Å²) < 4.78 is 15.0. The molecule has 0 atom stereocenters. The molecule has 1 aromatic heterocycles. The van der Waals surface area contributed by atoms with Crippen molar-refractivity contribution in [3.63, 3.8) is 0 Å². The summed E-state index contributed by atoms with van der Waals surface area (Å²) in [5, 5.41) is 4.11. The summed E-state index contributed by atoms with van der Waals surface area (Å²) in [6.07, 6.45) is 0.427. The maximum atomic E-state index is 13.4. The molecule has 0 radical (unpaired) electrons. The summed E-state index contributed by atoms with van der Waals surface area (Å²) in [7, 11) is 1.78. The minimum absolute atomic E-state index is 0.222. The number of halogens is 1. The largest absolute Gasteiger partial charge is 0.324 e. The Hall–Kier alpha value is -1.75. The maximum Gasteiger partial charge on any atom is 0.164 e. The summed E-state index contributed by atoms with van der Waals surface area (Å²) in [4.78, 5) is 4.22. The minimum atomic E-state index is -0.222. The van der Waals surface area contributed by atoms with Gasteiger partial charge in [-0.1, -0.05) is 18.2 Å². The lowest BCUT2D eigenvalue weighted by Crippen LogP contribution is -2.02. The second-order valence-electron chi connectivity index (χ2n) is 3.54. The lowest BCUT2D eigenvalue weighted by Gasteiger charge is -2.01. The molecule has 0 aliphatic rings. The molecule has 2 N–H and O–H groups in total. The first kappa shape index (κ1) is 10.8. The summed E-state index contributed by atoms with van der Waals surface area (Å²) in [6.45, 7) is 0.297. The molecule has 1 aromatic carbocycles. The van der Waals surface area contributed by atoms with Gasteiger partial charge in [-0.15, -0.1) is 0 Å². The fourth-order valence-electron chi connectivity index (χ4n) is 1.53. The van der Waals surface area contributed by atoms with E-state index in [9.17, 15) is 4.39 Å². The lowest BCUT2D eigenvalue weighted by atomic mass is 10.1. The van der Waals surface area contributed by atoms with E-state index in [4.69, 9.17) is 5.73 Å². The molecule has 5 heteroatoms. The Morgan fingerprint density at radius 3 is 2.75 bits per heavy atom. The molecule has 0 saturated heterocycles. The first-order valence-electron chi connectivity index (χ1n) is 5.03. The molecule has 0 spiro atoms. The molecule has 0 saturated carbocycles. The second kappa shape index (κ2) is 4.40. The zero-order valence-corrected chi connectivity index (χ0v) is 9.02. The molecule has 0 bridgehead atoms. The van der Waals surface area contributed by atoms with Gasteiger partial charge in [0.05, 0.1) is 6.54 Å². The molecule has 2 aromatic rings. The van der Waals surface area contributed by atoms with E-state index in [1.807, 2.05) is 0 Å². The number of aromatic nitrogens is 3. The van der Waals surface area contributed by atoms with E-state index < -0.39 is 0 Å². The van der Waals surface area contributed by atoms with Crippen molar-refractivity contribution in [1.82, 2.24) is 14.8 Å². The smallest absolute Gasteiger partial charge is 0.164 e. The first-order valence-corrected chi connectivity index (χ1v) is 5.03. The van der Waals surface area contributed by atoms with Crippen LogP contribution in [0.4, 0.5) is 4.39 Å². The van der Waals surface area contributed by atoms with Gasteiger partial charge in [0.2, 0.25) is 0 Å². The van der Waals surface area contributed by atoms with Crippen LogP contribution in [0.3, 0.4) is 0 Å². The van der Waals surface area contributed by atoms with Gasteiger partial charge in [-0.3, -0.25) is 4.68 Å². The Balaban J connectivity index is 2.27. The van der Waals surface area contributed by atoms with Crippen molar-refractivity contribution < 1.29 is 4.39 Å². The molecular weight excluding hydrogens is 207 g/mol. The quantitative estimate of drug-likeness (QED) is 0.839. The van der Waals surface area contributed by atoms with E-state index >= 15 is 0 Å². The topological polar surface area (TPSA) is 56.7 Å². The van der Waals surface area contributed by atoms with Crippen LogP contribution in [0.5, 0.6) is 0 Å². The third-order valence-electron chi connectivity index (χ3n) is 2.39. The van der Waals surface area contributed by atoms with Crippen molar-refractivity contribution in [3.05, 3.63) is 47.3 Å². The predicted molar refractivity (Wildman–Crippen MR) is 58.1 cm³/mol. The predicted octanol–water partition coefficient (Wildman–Crippen LogP) is 1.00. The minimum Gasteiger partial charge on any atom is -0.324 e. The Morgan fingerprint density at radius 2 is 2.12 bits per heavy atom. The highest BCUT2D eigenvalue weighted by molar-refractivity contribution is 5.21. The van der Waals surface area contributed by atoms with E-state index in [1.54, 1.807) is 29.9 Å². The van der Waals surface area contributed by atoms with Gasteiger partial charge in [0.1, 0.15) is 11.6 Å². The van der Waals surface area contributed by atoms with Gasteiger partial charge in [0, 0.05) is 13.5 Å². The van der Waals surface area contributed by atoms with Crippen molar-refractivity contribution >= 4 is 0 Å². The van der Waals surface area contributed by atoms with Crippen LogP contribution in [0.25, 0.3) is 0 Å². The van der Waals surface area contributed by atoms with Crippen LogP contribution in [0, 0.1) is 5.82 Å². The average Bonchev–Trinajstić information content (AvgIpc) is 2.63. The molecule has 0 amide bonds. The van der Waals surface area contributed by atoms with Crippen LogP contribution in [-0.4, -0.2) is 14.8 Å². The molecule has 4 nitrogen and oxygen atoms in total. The van der Waals surface area contributed by atoms with Gasteiger partial charge >= 0.3 is 0 Å². The number of nitrogens with two attached hydrogens (primary N) is 1. The Kier molecular flexibility index (Phi) is 2.96. The molecule has 1 heterocycles. The van der Waals surface area contributed by atoms with Crippen molar-refractivity contribution in [3.8, 4) is 0 Å². The lowest BCUT2D eigenvalue weighted by molar-refractivity contribution is 0.608. The third-order valence-corrected chi connectivity index (χ3v) is 2.39. The summed E-state index contributed by atoms with van der Waals surface area (Å²) in [5.74, 6) is 1.07. The van der Waals surface area contributed by atoms with Crippen LogP contribution in [0.1, 0.15) is 17.2 Å². The fraction of sp³-hybridized carbons (Fsp3) is 0.273. The number of benzene rings is 1. The molecule has 0 fully saturated rings. The van der Waals surface area contributed by atoms with Gasteiger partial charge in [0.25, 0.3) is 0 Å². The third kappa shape index (κ3) is 2.09. The number of nitrogens with zero attached hydrogens (tertiary/aromatic N) is 3. The molecule has 84 valence electrons.